The van der Waals surface area contributed by atoms with E-state index >= 15 is 0 Å². The highest BCUT2D eigenvalue weighted by molar-refractivity contribution is 6.31. The number of methoxy groups -OCH3 is 1. The number of ether oxygens (including phenoxy) is 1. The molecule has 3 heterocycles. The number of halogens is 2. The van der Waals surface area contributed by atoms with E-state index in [2.05, 4.69) is 0 Å². The van der Waals surface area contributed by atoms with Gasteiger partial charge in [-0.2, -0.15) is 0 Å². The number of hydrogen-bond acceptors (Lipinski definition) is 5. The average Bonchev–Trinajstić information content (AvgIpc) is 3.31. The fourth-order valence-corrected chi connectivity index (χ4v) is 5.73. The molecule has 7 nitrogen and oxygen atoms in total. The van der Waals surface area contributed by atoms with Crippen LogP contribution in [0, 0.1) is 5.82 Å². The maximum Gasteiger partial charge on any atom is 0.291 e. The number of rotatable bonds is 6. The van der Waals surface area contributed by atoms with Crippen molar-refractivity contribution in [1.82, 2.24) is 4.90 Å². The summed E-state index contributed by atoms with van der Waals surface area (Å²) >= 11 is 6.20. The van der Waals surface area contributed by atoms with Gasteiger partial charge in [0.05, 0.1) is 23.2 Å². The summed E-state index contributed by atoms with van der Waals surface area (Å²) in [5.41, 5.74) is -0.267. The first kappa shape index (κ1) is 24.3. The van der Waals surface area contributed by atoms with E-state index < -0.39 is 22.8 Å². The monoisotopic (exact) mass is 532 g/mol. The SMILES string of the molecule is COCCCN1C(=O)c2oc3ccc(Cl)cc3c(=O)c2C12C(=O)N(Cc1ccc(F)cc1)c1ccccc12. The summed E-state index contributed by atoms with van der Waals surface area (Å²) in [5, 5.41) is 0.514. The van der Waals surface area contributed by atoms with Crippen LogP contribution in [0.1, 0.15) is 33.7 Å². The topological polar surface area (TPSA) is 80.1 Å². The van der Waals surface area contributed by atoms with Crippen molar-refractivity contribution in [3.05, 3.63) is 110 Å². The quantitative estimate of drug-likeness (QED) is 0.331. The third kappa shape index (κ3) is 3.40. The number of anilines is 1. The van der Waals surface area contributed by atoms with Gasteiger partial charge < -0.3 is 19.0 Å². The van der Waals surface area contributed by atoms with E-state index in [4.69, 9.17) is 20.8 Å². The van der Waals surface area contributed by atoms with E-state index in [1.165, 1.54) is 34.1 Å². The summed E-state index contributed by atoms with van der Waals surface area (Å²) < 4.78 is 24.8. The van der Waals surface area contributed by atoms with E-state index in [0.29, 0.717) is 34.9 Å². The molecule has 3 aromatic carbocycles. The Morgan fingerprint density at radius 2 is 1.79 bits per heavy atom. The van der Waals surface area contributed by atoms with Crippen molar-refractivity contribution in [3.63, 3.8) is 0 Å². The Labute approximate surface area is 222 Å². The van der Waals surface area contributed by atoms with Gasteiger partial charge in [0.25, 0.3) is 11.8 Å². The summed E-state index contributed by atoms with van der Waals surface area (Å²) in [6.07, 6.45) is 0.435. The number of fused-ring (bicyclic) bond motifs is 5. The molecule has 9 heteroatoms. The minimum Gasteiger partial charge on any atom is -0.450 e. The summed E-state index contributed by atoms with van der Waals surface area (Å²) in [5.74, 6) is -1.55. The van der Waals surface area contributed by atoms with Crippen molar-refractivity contribution in [2.75, 3.05) is 25.2 Å². The van der Waals surface area contributed by atoms with Gasteiger partial charge >= 0.3 is 0 Å². The minimum absolute atomic E-state index is 0.0197. The molecule has 1 unspecified atom stereocenters. The number of nitrogens with zero attached hydrogens (tertiary/aromatic N) is 2. The molecule has 2 aliphatic heterocycles. The summed E-state index contributed by atoms with van der Waals surface area (Å²) in [4.78, 5) is 45.5. The molecule has 192 valence electrons. The van der Waals surface area contributed by atoms with Gasteiger partial charge in [-0.1, -0.05) is 41.9 Å². The molecule has 0 fully saturated rings. The summed E-state index contributed by atoms with van der Waals surface area (Å²) in [6, 6.07) is 17.5. The molecule has 0 aliphatic carbocycles. The molecule has 2 aliphatic rings. The largest absolute Gasteiger partial charge is 0.450 e. The number of benzene rings is 3. The van der Waals surface area contributed by atoms with Gasteiger partial charge in [0.1, 0.15) is 11.4 Å². The molecule has 1 spiro atoms. The molecule has 2 amide bonds. The van der Waals surface area contributed by atoms with Crippen LogP contribution < -0.4 is 10.3 Å². The van der Waals surface area contributed by atoms with Gasteiger partial charge in [-0.3, -0.25) is 14.4 Å². The zero-order chi connectivity index (χ0) is 26.6. The van der Waals surface area contributed by atoms with Crippen LogP contribution in [0.2, 0.25) is 5.02 Å². The standard InChI is InChI=1S/C29H22ClFN2O5/c1-37-14-4-13-33-27(35)26-24(25(34)20-15-18(30)9-12-23(20)38-26)29(33)21-5-2-3-6-22(21)32(28(29)36)16-17-7-10-19(31)11-8-17/h2-3,5-12,15H,4,13-14,16H2,1H3. The Morgan fingerprint density at radius 1 is 1.03 bits per heavy atom. The second-order valence-corrected chi connectivity index (χ2v) is 9.76. The second-order valence-electron chi connectivity index (χ2n) is 9.32. The van der Waals surface area contributed by atoms with Crippen LogP contribution >= 0.6 is 11.6 Å². The van der Waals surface area contributed by atoms with Crippen LogP contribution in [0.3, 0.4) is 0 Å². The molecule has 1 atom stereocenters. The van der Waals surface area contributed by atoms with Gasteiger partial charge in [-0.25, -0.2) is 4.39 Å². The zero-order valence-electron chi connectivity index (χ0n) is 20.4. The van der Waals surface area contributed by atoms with Crippen molar-refractivity contribution in [2.24, 2.45) is 0 Å². The highest BCUT2D eigenvalue weighted by Crippen LogP contribution is 2.53. The van der Waals surface area contributed by atoms with Crippen molar-refractivity contribution >= 4 is 40.1 Å². The average molecular weight is 533 g/mol. The smallest absolute Gasteiger partial charge is 0.291 e. The first-order valence-corrected chi connectivity index (χ1v) is 12.5. The third-order valence-corrected chi connectivity index (χ3v) is 7.42. The number of carbonyl (C=O) groups is 2. The lowest BCUT2D eigenvalue weighted by atomic mass is 9.84. The Bertz CT molecular complexity index is 1670. The van der Waals surface area contributed by atoms with E-state index in [9.17, 15) is 18.8 Å². The minimum atomic E-state index is -1.73. The predicted octanol–water partition coefficient (Wildman–Crippen LogP) is 4.87. The molecular formula is C29H22ClFN2O5. The molecule has 0 N–H and O–H groups in total. The Morgan fingerprint density at radius 3 is 2.55 bits per heavy atom. The Balaban J connectivity index is 1.62. The van der Waals surface area contributed by atoms with Crippen LogP contribution in [0.5, 0.6) is 0 Å². The molecule has 1 aromatic heterocycles. The van der Waals surface area contributed by atoms with Crippen molar-refractivity contribution in [3.8, 4) is 0 Å². The van der Waals surface area contributed by atoms with E-state index in [-0.39, 0.29) is 41.2 Å². The zero-order valence-corrected chi connectivity index (χ0v) is 21.1. The summed E-state index contributed by atoms with van der Waals surface area (Å²) in [7, 11) is 1.55. The van der Waals surface area contributed by atoms with Gasteiger partial charge in [-0.15, -0.1) is 0 Å². The van der Waals surface area contributed by atoms with Crippen molar-refractivity contribution in [1.29, 1.82) is 0 Å². The second kappa shape index (κ2) is 9.08. The van der Waals surface area contributed by atoms with Crippen LogP contribution in [-0.2, 0) is 21.6 Å². The Kier molecular flexibility index (Phi) is 5.81. The maximum atomic E-state index is 14.6. The molecule has 0 saturated heterocycles. The van der Waals surface area contributed by atoms with Crippen molar-refractivity contribution < 1.29 is 23.1 Å². The maximum absolute atomic E-state index is 14.6. The molecule has 38 heavy (non-hydrogen) atoms. The molecule has 0 saturated carbocycles. The van der Waals surface area contributed by atoms with Crippen LogP contribution in [0.4, 0.5) is 10.1 Å². The number of para-hydroxylation sites is 1. The highest BCUT2D eigenvalue weighted by atomic mass is 35.5. The third-order valence-electron chi connectivity index (χ3n) is 7.18. The first-order valence-electron chi connectivity index (χ1n) is 12.1. The fraction of sp³-hybridized carbons (Fsp3) is 0.207. The summed E-state index contributed by atoms with van der Waals surface area (Å²) in [6.45, 7) is 0.625. The molecule has 0 bridgehead atoms. The lowest BCUT2D eigenvalue weighted by Gasteiger charge is -2.34. The van der Waals surface area contributed by atoms with Crippen LogP contribution in [-0.4, -0.2) is 37.0 Å². The fourth-order valence-electron chi connectivity index (χ4n) is 5.56. The van der Waals surface area contributed by atoms with Gasteiger partial charge in [0.2, 0.25) is 5.76 Å². The predicted molar refractivity (Wildman–Crippen MR) is 140 cm³/mol. The number of hydrogen-bond donors (Lipinski definition) is 0. The number of carbonyl (C=O) groups excluding carboxylic acids is 2. The molecule has 6 rings (SSSR count). The first-order chi connectivity index (χ1) is 18.4. The van der Waals surface area contributed by atoms with E-state index in [0.717, 1.165) is 0 Å². The highest BCUT2D eigenvalue weighted by Gasteiger charge is 2.64. The van der Waals surface area contributed by atoms with Crippen molar-refractivity contribution in [2.45, 2.75) is 18.5 Å². The molecule has 0 radical (unpaired) electrons. The lowest BCUT2D eigenvalue weighted by molar-refractivity contribution is -0.126. The molecule has 4 aromatic rings. The van der Waals surface area contributed by atoms with Crippen LogP contribution in [0.25, 0.3) is 11.0 Å². The molecular weight excluding hydrogens is 511 g/mol. The van der Waals surface area contributed by atoms with E-state index in [1.54, 1.807) is 49.6 Å². The van der Waals surface area contributed by atoms with Gasteiger partial charge in [-0.05, 0) is 48.4 Å². The Hall–Kier alpha value is -4.01. The normalized spacial score (nSPS) is 18.1. The van der Waals surface area contributed by atoms with Crippen LogP contribution in [0.15, 0.2) is 75.9 Å². The number of amides is 2. The lowest BCUT2D eigenvalue weighted by Crippen LogP contribution is -2.53. The van der Waals surface area contributed by atoms with E-state index in [1.807, 2.05) is 0 Å². The van der Waals surface area contributed by atoms with Gasteiger partial charge in [0, 0.05) is 30.8 Å². The van der Waals surface area contributed by atoms with Gasteiger partial charge in [0.15, 0.2) is 11.0 Å².